The molecule has 1 aliphatic rings. The van der Waals surface area contributed by atoms with Crippen molar-refractivity contribution in [3.05, 3.63) is 66.5 Å². The molecule has 3 heterocycles. The van der Waals surface area contributed by atoms with Gasteiger partial charge in [-0.25, -0.2) is 4.98 Å². The van der Waals surface area contributed by atoms with E-state index in [9.17, 15) is 0 Å². The number of nitrogens with one attached hydrogen (secondary N) is 4. The minimum atomic E-state index is 0.510. The van der Waals surface area contributed by atoms with Gasteiger partial charge in [0.2, 0.25) is 5.95 Å². The van der Waals surface area contributed by atoms with Gasteiger partial charge < -0.3 is 25.7 Å². The van der Waals surface area contributed by atoms with Crippen molar-refractivity contribution in [3.8, 4) is 0 Å². The SMILES string of the molecule is c1ccc(CNc2nc(Nc3ccc(NCCN4CCOCC4)cc3)nc3[nH]cnc23)cc1. The van der Waals surface area contributed by atoms with Gasteiger partial charge in [-0.2, -0.15) is 9.97 Å². The predicted molar refractivity (Wildman–Crippen MR) is 131 cm³/mol. The Morgan fingerprint density at radius 1 is 0.909 bits per heavy atom. The number of hydrogen-bond donors (Lipinski definition) is 4. The highest BCUT2D eigenvalue weighted by atomic mass is 16.5. The van der Waals surface area contributed by atoms with Gasteiger partial charge in [-0.1, -0.05) is 30.3 Å². The largest absolute Gasteiger partial charge is 0.384 e. The van der Waals surface area contributed by atoms with Crippen LogP contribution in [-0.2, 0) is 11.3 Å². The second kappa shape index (κ2) is 10.3. The molecule has 4 aromatic rings. The van der Waals surface area contributed by atoms with Gasteiger partial charge in [0.15, 0.2) is 11.5 Å². The molecule has 1 aliphatic heterocycles. The van der Waals surface area contributed by atoms with Gasteiger partial charge in [0.25, 0.3) is 0 Å². The molecule has 0 radical (unpaired) electrons. The van der Waals surface area contributed by atoms with E-state index in [2.05, 4.69) is 65.1 Å². The fraction of sp³-hybridized carbons (Fsp3) is 0.292. The zero-order valence-corrected chi connectivity index (χ0v) is 18.4. The maximum Gasteiger partial charge on any atom is 0.231 e. The molecule has 0 spiro atoms. The van der Waals surface area contributed by atoms with Gasteiger partial charge in [0.05, 0.1) is 19.5 Å². The minimum Gasteiger partial charge on any atom is -0.384 e. The lowest BCUT2D eigenvalue weighted by atomic mass is 10.2. The number of benzene rings is 2. The first-order valence-electron chi connectivity index (χ1n) is 11.2. The molecule has 9 heteroatoms. The third-order valence-electron chi connectivity index (χ3n) is 5.58. The van der Waals surface area contributed by atoms with E-state index >= 15 is 0 Å². The van der Waals surface area contributed by atoms with Crippen LogP contribution in [0.15, 0.2) is 60.9 Å². The molecule has 0 saturated carbocycles. The van der Waals surface area contributed by atoms with E-state index < -0.39 is 0 Å². The highest BCUT2D eigenvalue weighted by Crippen LogP contribution is 2.22. The normalized spacial score (nSPS) is 14.3. The summed E-state index contributed by atoms with van der Waals surface area (Å²) >= 11 is 0. The summed E-state index contributed by atoms with van der Waals surface area (Å²) in [7, 11) is 0. The highest BCUT2D eigenvalue weighted by molar-refractivity contribution is 5.84. The molecule has 33 heavy (non-hydrogen) atoms. The summed E-state index contributed by atoms with van der Waals surface area (Å²) in [6.45, 7) is 6.25. The molecular formula is C24H28N8O. The second-order valence-electron chi connectivity index (χ2n) is 7.92. The average molecular weight is 445 g/mol. The molecule has 1 saturated heterocycles. The lowest BCUT2D eigenvalue weighted by Gasteiger charge is -2.26. The highest BCUT2D eigenvalue weighted by Gasteiger charge is 2.11. The quantitative estimate of drug-likeness (QED) is 0.311. The molecule has 0 amide bonds. The number of aromatic nitrogens is 4. The van der Waals surface area contributed by atoms with Crippen molar-refractivity contribution in [2.45, 2.75) is 6.54 Å². The Morgan fingerprint density at radius 3 is 2.52 bits per heavy atom. The topological polar surface area (TPSA) is 103 Å². The van der Waals surface area contributed by atoms with Gasteiger partial charge >= 0.3 is 0 Å². The van der Waals surface area contributed by atoms with Crippen LogP contribution in [0.2, 0.25) is 0 Å². The molecule has 1 fully saturated rings. The molecule has 2 aromatic heterocycles. The van der Waals surface area contributed by atoms with Gasteiger partial charge in [0, 0.05) is 44.1 Å². The van der Waals surface area contributed by atoms with Gasteiger partial charge in [-0.15, -0.1) is 0 Å². The van der Waals surface area contributed by atoms with Crippen LogP contribution in [-0.4, -0.2) is 64.2 Å². The van der Waals surface area contributed by atoms with E-state index in [1.165, 1.54) is 5.56 Å². The van der Waals surface area contributed by atoms with E-state index in [4.69, 9.17) is 4.74 Å². The Hall–Kier alpha value is -3.69. The number of rotatable bonds is 9. The van der Waals surface area contributed by atoms with Crippen molar-refractivity contribution in [2.75, 3.05) is 55.3 Å². The lowest BCUT2D eigenvalue weighted by Crippen LogP contribution is -2.38. The van der Waals surface area contributed by atoms with Crippen LogP contribution >= 0.6 is 0 Å². The zero-order valence-electron chi connectivity index (χ0n) is 18.4. The first kappa shape index (κ1) is 21.2. The molecule has 4 N–H and O–H groups in total. The lowest BCUT2D eigenvalue weighted by molar-refractivity contribution is 0.0398. The number of H-pyrrole nitrogens is 1. The number of ether oxygens (including phenoxy) is 1. The van der Waals surface area contributed by atoms with Crippen molar-refractivity contribution in [1.29, 1.82) is 0 Å². The summed E-state index contributed by atoms with van der Waals surface area (Å²) in [6, 6.07) is 18.4. The van der Waals surface area contributed by atoms with Gasteiger partial charge in [-0.3, -0.25) is 4.90 Å². The van der Waals surface area contributed by atoms with Crippen LogP contribution in [0.5, 0.6) is 0 Å². The Balaban J connectivity index is 1.21. The predicted octanol–water partition coefficient (Wildman–Crippen LogP) is 3.45. The van der Waals surface area contributed by atoms with Crippen LogP contribution in [0.3, 0.4) is 0 Å². The zero-order chi connectivity index (χ0) is 22.3. The summed E-state index contributed by atoms with van der Waals surface area (Å²) in [4.78, 5) is 19.1. The minimum absolute atomic E-state index is 0.510. The van der Waals surface area contributed by atoms with Crippen LogP contribution in [0.4, 0.5) is 23.1 Å². The summed E-state index contributed by atoms with van der Waals surface area (Å²) in [5.41, 5.74) is 4.58. The maximum atomic E-state index is 5.40. The third-order valence-corrected chi connectivity index (χ3v) is 5.58. The summed E-state index contributed by atoms with van der Waals surface area (Å²) in [5.74, 6) is 1.20. The van der Waals surface area contributed by atoms with Crippen molar-refractivity contribution in [2.24, 2.45) is 0 Å². The molecule has 5 rings (SSSR count). The van der Waals surface area contributed by atoms with Gasteiger partial charge in [0.1, 0.15) is 5.52 Å². The molecular weight excluding hydrogens is 416 g/mol. The third kappa shape index (κ3) is 5.57. The molecule has 0 aliphatic carbocycles. The molecule has 0 atom stereocenters. The van der Waals surface area contributed by atoms with Crippen molar-refractivity contribution < 1.29 is 4.74 Å². The number of nitrogens with zero attached hydrogens (tertiary/aromatic N) is 4. The summed E-state index contributed by atoms with van der Waals surface area (Å²) < 4.78 is 5.40. The average Bonchev–Trinajstić information content (AvgIpc) is 3.34. The maximum absolute atomic E-state index is 5.40. The van der Waals surface area contributed by atoms with Crippen LogP contribution < -0.4 is 16.0 Å². The fourth-order valence-corrected chi connectivity index (χ4v) is 3.78. The van der Waals surface area contributed by atoms with E-state index in [-0.39, 0.29) is 0 Å². The summed E-state index contributed by atoms with van der Waals surface area (Å²) in [5, 5.41) is 10.2. The van der Waals surface area contributed by atoms with E-state index in [0.29, 0.717) is 24.0 Å². The van der Waals surface area contributed by atoms with Crippen molar-refractivity contribution >= 4 is 34.3 Å². The number of imidazole rings is 1. The molecule has 170 valence electrons. The standard InChI is InChI=1S/C24H28N8O/c1-2-4-18(5-3-1)16-26-22-21-23(28-17-27-21)31-24(30-22)29-20-8-6-19(7-9-20)25-10-11-32-12-14-33-15-13-32/h1-9,17,25H,10-16H2,(H3,26,27,28,29,30,31). The number of anilines is 4. The van der Waals surface area contributed by atoms with Crippen molar-refractivity contribution in [1.82, 2.24) is 24.8 Å². The first-order chi connectivity index (χ1) is 16.3. The number of fused-ring (bicyclic) bond motifs is 1. The Kier molecular flexibility index (Phi) is 6.60. The second-order valence-corrected chi connectivity index (χ2v) is 7.92. The Bertz CT molecular complexity index is 1160. The number of aromatic amines is 1. The smallest absolute Gasteiger partial charge is 0.231 e. The van der Waals surface area contributed by atoms with Crippen LogP contribution in [0, 0.1) is 0 Å². The van der Waals surface area contributed by atoms with Crippen LogP contribution in [0.1, 0.15) is 5.56 Å². The van der Waals surface area contributed by atoms with E-state index in [0.717, 1.165) is 56.3 Å². The Morgan fingerprint density at radius 2 is 1.70 bits per heavy atom. The molecule has 0 unspecified atom stereocenters. The fourth-order valence-electron chi connectivity index (χ4n) is 3.78. The first-order valence-corrected chi connectivity index (χ1v) is 11.2. The van der Waals surface area contributed by atoms with E-state index in [1.807, 2.05) is 30.3 Å². The van der Waals surface area contributed by atoms with Crippen molar-refractivity contribution in [3.63, 3.8) is 0 Å². The van der Waals surface area contributed by atoms with Crippen LogP contribution in [0.25, 0.3) is 11.2 Å². The Labute approximate surface area is 192 Å². The van der Waals surface area contributed by atoms with E-state index in [1.54, 1.807) is 6.33 Å². The molecule has 2 aromatic carbocycles. The summed E-state index contributed by atoms with van der Waals surface area (Å²) in [6.07, 6.45) is 1.63. The number of hydrogen-bond acceptors (Lipinski definition) is 8. The molecule has 0 bridgehead atoms. The number of morpholine rings is 1. The molecule has 9 nitrogen and oxygen atoms in total. The monoisotopic (exact) mass is 444 g/mol. The van der Waals surface area contributed by atoms with Gasteiger partial charge in [-0.05, 0) is 29.8 Å².